The van der Waals surface area contributed by atoms with Crippen LogP contribution in [0.5, 0.6) is 5.75 Å². The minimum atomic E-state index is -0.539. The third-order valence-electron chi connectivity index (χ3n) is 3.63. The van der Waals surface area contributed by atoms with E-state index in [-0.39, 0.29) is 23.4 Å². The molecule has 1 aromatic carbocycles. The van der Waals surface area contributed by atoms with Gasteiger partial charge in [0.05, 0.1) is 5.56 Å². The lowest BCUT2D eigenvalue weighted by molar-refractivity contribution is 0.0368. The standard InChI is InChI=1S/C14H19FN2O2/c1-9-4-3-5-10(2)17(9)16-14(19)12-8-11(15)6-7-13(12)18/h6-10,18H,3-5H2,1-2H3,(H,16,19). The number of hydrogen-bond donors (Lipinski definition) is 2. The highest BCUT2D eigenvalue weighted by Crippen LogP contribution is 2.22. The molecule has 0 spiro atoms. The summed E-state index contributed by atoms with van der Waals surface area (Å²) < 4.78 is 13.1. The second-order valence-corrected chi connectivity index (χ2v) is 5.14. The fourth-order valence-electron chi connectivity index (χ4n) is 2.51. The van der Waals surface area contributed by atoms with Crippen LogP contribution < -0.4 is 5.43 Å². The number of piperidine rings is 1. The predicted molar refractivity (Wildman–Crippen MR) is 70.1 cm³/mol. The van der Waals surface area contributed by atoms with Crippen molar-refractivity contribution in [3.8, 4) is 5.75 Å². The summed E-state index contributed by atoms with van der Waals surface area (Å²) in [6, 6.07) is 3.84. The SMILES string of the molecule is CC1CCCC(C)N1NC(=O)c1cc(F)ccc1O. The summed E-state index contributed by atoms with van der Waals surface area (Å²) in [6.45, 7) is 4.09. The topological polar surface area (TPSA) is 52.6 Å². The summed E-state index contributed by atoms with van der Waals surface area (Å²) in [6.07, 6.45) is 3.17. The van der Waals surface area contributed by atoms with Crippen LogP contribution in [0.15, 0.2) is 18.2 Å². The van der Waals surface area contributed by atoms with Crippen LogP contribution in [-0.4, -0.2) is 28.1 Å². The van der Waals surface area contributed by atoms with Crippen molar-refractivity contribution in [1.82, 2.24) is 10.4 Å². The summed E-state index contributed by atoms with van der Waals surface area (Å²) in [5.41, 5.74) is 2.73. The van der Waals surface area contributed by atoms with Gasteiger partial charge >= 0.3 is 0 Å². The first-order chi connectivity index (χ1) is 8.99. The average Bonchev–Trinajstić information content (AvgIpc) is 2.37. The molecule has 2 atom stereocenters. The van der Waals surface area contributed by atoms with Gasteiger partial charge in [-0.1, -0.05) is 6.42 Å². The molecule has 4 nitrogen and oxygen atoms in total. The van der Waals surface area contributed by atoms with Gasteiger partial charge < -0.3 is 5.11 Å². The number of benzene rings is 1. The Bertz CT molecular complexity index is 469. The maximum absolute atomic E-state index is 13.1. The maximum atomic E-state index is 13.1. The number of hydrazine groups is 1. The van der Waals surface area contributed by atoms with Crippen LogP contribution in [-0.2, 0) is 0 Å². The highest BCUT2D eigenvalue weighted by atomic mass is 19.1. The van der Waals surface area contributed by atoms with Gasteiger partial charge in [0.1, 0.15) is 11.6 Å². The number of carbonyl (C=O) groups is 1. The molecule has 0 saturated carbocycles. The van der Waals surface area contributed by atoms with E-state index in [9.17, 15) is 14.3 Å². The van der Waals surface area contributed by atoms with Gasteiger partial charge in [-0.3, -0.25) is 10.2 Å². The number of phenolic OH excluding ortho intramolecular Hbond substituents is 1. The molecule has 1 aliphatic rings. The molecule has 2 unspecified atom stereocenters. The molecule has 2 N–H and O–H groups in total. The van der Waals surface area contributed by atoms with Gasteiger partial charge in [0.2, 0.25) is 0 Å². The largest absolute Gasteiger partial charge is 0.507 e. The first kappa shape index (κ1) is 13.8. The van der Waals surface area contributed by atoms with Gasteiger partial charge in [-0.15, -0.1) is 0 Å². The summed E-state index contributed by atoms with van der Waals surface area (Å²) in [5.74, 6) is -1.23. The zero-order chi connectivity index (χ0) is 14.0. The molecule has 1 aromatic rings. The zero-order valence-corrected chi connectivity index (χ0v) is 11.2. The smallest absolute Gasteiger partial charge is 0.269 e. The normalized spacial score (nSPS) is 24.2. The van der Waals surface area contributed by atoms with Gasteiger partial charge in [0.25, 0.3) is 5.91 Å². The summed E-state index contributed by atoms with van der Waals surface area (Å²) in [4.78, 5) is 12.1. The molecule has 0 aliphatic carbocycles. The third kappa shape index (κ3) is 3.04. The molecule has 5 heteroatoms. The van der Waals surface area contributed by atoms with Gasteiger partial charge in [-0.2, -0.15) is 0 Å². The fourth-order valence-corrected chi connectivity index (χ4v) is 2.51. The van der Waals surface area contributed by atoms with E-state index in [1.54, 1.807) is 0 Å². The monoisotopic (exact) mass is 266 g/mol. The van der Waals surface area contributed by atoms with Crippen molar-refractivity contribution in [3.05, 3.63) is 29.6 Å². The molecule has 1 saturated heterocycles. The minimum absolute atomic E-state index is 0.0371. The molecule has 19 heavy (non-hydrogen) atoms. The zero-order valence-electron chi connectivity index (χ0n) is 11.2. The molecule has 0 aromatic heterocycles. The van der Waals surface area contributed by atoms with E-state index in [0.29, 0.717) is 0 Å². The van der Waals surface area contributed by atoms with Crippen LogP contribution in [0.3, 0.4) is 0 Å². The van der Waals surface area contributed by atoms with Crippen LogP contribution in [0, 0.1) is 5.82 Å². The Hall–Kier alpha value is -1.62. The Kier molecular flexibility index (Phi) is 4.04. The summed E-state index contributed by atoms with van der Waals surface area (Å²) in [7, 11) is 0. The van der Waals surface area contributed by atoms with Gasteiger partial charge in [-0.25, -0.2) is 9.40 Å². The molecule has 2 rings (SSSR count). The number of aromatic hydroxyl groups is 1. The summed E-state index contributed by atoms with van der Waals surface area (Å²) >= 11 is 0. The number of amides is 1. The van der Waals surface area contributed by atoms with Crippen LogP contribution >= 0.6 is 0 Å². The number of rotatable bonds is 2. The van der Waals surface area contributed by atoms with E-state index in [4.69, 9.17) is 0 Å². The van der Waals surface area contributed by atoms with E-state index < -0.39 is 11.7 Å². The maximum Gasteiger partial charge on any atom is 0.269 e. The Morgan fingerprint density at radius 2 is 2.00 bits per heavy atom. The van der Waals surface area contributed by atoms with Crippen molar-refractivity contribution in [2.24, 2.45) is 0 Å². The fraction of sp³-hybridized carbons (Fsp3) is 0.500. The highest BCUT2D eigenvalue weighted by molar-refractivity contribution is 5.96. The molecular formula is C14H19FN2O2. The van der Waals surface area contributed by atoms with Gasteiger partial charge in [-0.05, 0) is 44.9 Å². The minimum Gasteiger partial charge on any atom is -0.507 e. The van der Waals surface area contributed by atoms with Crippen molar-refractivity contribution >= 4 is 5.91 Å². The second-order valence-electron chi connectivity index (χ2n) is 5.14. The molecule has 1 fully saturated rings. The van der Waals surface area contributed by atoms with Crippen molar-refractivity contribution < 1.29 is 14.3 Å². The van der Waals surface area contributed by atoms with Crippen molar-refractivity contribution in [1.29, 1.82) is 0 Å². The van der Waals surface area contributed by atoms with E-state index in [0.717, 1.165) is 31.4 Å². The molecule has 1 aliphatic heterocycles. The van der Waals surface area contributed by atoms with Crippen molar-refractivity contribution in [3.63, 3.8) is 0 Å². The first-order valence-electron chi connectivity index (χ1n) is 6.57. The van der Waals surface area contributed by atoms with E-state index in [1.807, 2.05) is 18.9 Å². The molecule has 1 amide bonds. The summed E-state index contributed by atoms with van der Waals surface area (Å²) in [5, 5.41) is 11.5. The highest BCUT2D eigenvalue weighted by Gasteiger charge is 2.27. The molecular weight excluding hydrogens is 247 g/mol. The van der Waals surface area contributed by atoms with Crippen LogP contribution in [0.4, 0.5) is 4.39 Å². The number of phenols is 1. The van der Waals surface area contributed by atoms with E-state index >= 15 is 0 Å². The van der Waals surface area contributed by atoms with Gasteiger partial charge in [0.15, 0.2) is 0 Å². The molecule has 104 valence electrons. The Morgan fingerprint density at radius 3 is 2.63 bits per heavy atom. The first-order valence-corrected chi connectivity index (χ1v) is 6.57. The van der Waals surface area contributed by atoms with Crippen LogP contribution in [0.25, 0.3) is 0 Å². The van der Waals surface area contributed by atoms with E-state index in [2.05, 4.69) is 5.43 Å². The lowest BCUT2D eigenvalue weighted by atomic mass is 10.00. The van der Waals surface area contributed by atoms with Crippen LogP contribution in [0.1, 0.15) is 43.5 Å². The third-order valence-corrected chi connectivity index (χ3v) is 3.63. The average molecular weight is 266 g/mol. The van der Waals surface area contributed by atoms with Crippen molar-refractivity contribution in [2.75, 3.05) is 0 Å². The lowest BCUT2D eigenvalue weighted by Gasteiger charge is -2.38. The number of nitrogens with zero attached hydrogens (tertiary/aromatic N) is 1. The number of carbonyl (C=O) groups excluding carboxylic acids is 1. The Labute approximate surface area is 112 Å². The Balaban J connectivity index is 2.14. The van der Waals surface area contributed by atoms with Gasteiger partial charge in [0, 0.05) is 12.1 Å². The predicted octanol–water partition coefficient (Wildman–Crippen LogP) is 2.44. The number of hydrogen-bond acceptors (Lipinski definition) is 3. The molecule has 1 heterocycles. The number of nitrogens with one attached hydrogen (secondary N) is 1. The van der Waals surface area contributed by atoms with Crippen molar-refractivity contribution in [2.45, 2.75) is 45.2 Å². The lowest BCUT2D eigenvalue weighted by Crippen LogP contribution is -2.54. The quantitative estimate of drug-likeness (QED) is 0.864. The molecule has 0 radical (unpaired) electrons. The second kappa shape index (κ2) is 5.57. The van der Waals surface area contributed by atoms with E-state index in [1.165, 1.54) is 6.07 Å². The molecule has 0 bridgehead atoms. The Morgan fingerprint density at radius 1 is 1.37 bits per heavy atom. The van der Waals surface area contributed by atoms with Crippen LogP contribution in [0.2, 0.25) is 0 Å². The number of halogens is 1.